The topological polar surface area (TPSA) is 65.4 Å². The molecule has 1 aromatic heterocycles. The van der Waals surface area contributed by atoms with Crippen LogP contribution in [0.3, 0.4) is 0 Å². The number of imidazole rings is 1. The van der Waals surface area contributed by atoms with E-state index in [-0.39, 0.29) is 12.0 Å². The zero-order chi connectivity index (χ0) is 16.9. The van der Waals surface area contributed by atoms with Gasteiger partial charge in [0, 0.05) is 24.7 Å². The highest BCUT2D eigenvalue weighted by Crippen LogP contribution is 2.24. The number of hydrogen-bond donors (Lipinski definition) is 1. The minimum absolute atomic E-state index is 0.101. The molecule has 1 aliphatic heterocycles. The molecule has 1 N–H and O–H groups in total. The summed E-state index contributed by atoms with van der Waals surface area (Å²) >= 11 is 6.28. The second-order valence-electron chi connectivity index (χ2n) is 5.74. The van der Waals surface area contributed by atoms with Crippen LogP contribution in [0.5, 0.6) is 0 Å². The van der Waals surface area contributed by atoms with Gasteiger partial charge in [0.15, 0.2) is 0 Å². The van der Waals surface area contributed by atoms with Crippen molar-refractivity contribution in [3.63, 3.8) is 0 Å². The monoisotopic (exact) mass is 349 g/mol. The molecule has 128 valence electrons. The van der Waals surface area contributed by atoms with Crippen molar-refractivity contribution in [2.75, 3.05) is 18.5 Å². The molecule has 1 saturated heterocycles. The highest BCUT2D eigenvalue weighted by Gasteiger charge is 2.20. The van der Waals surface area contributed by atoms with Crippen LogP contribution in [0.2, 0.25) is 5.02 Å². The smallest absolute Gasteiger partial charge is 0.253 e. The molecule has 7 heteroatoms. The van der Waals surface area contributed by atoms with Crippen LogP contribution in [0, 0.1) is 0 Å². The zero-order valence-electron chi connectivity index (χ0n) is 13.4. The fourth-order valence-corrected chi connectivity index (χ4v) is 2.82. The molecular weight excluding hydrogens is 330 g/mol. The Hall–Kier alpha value is -1.89. The number of halogens is 1. The van der Waals surface area contributed by atoms with Gasteiger partial charge >= 0.3 is 0 Å². The Bertz CT molecular complexity index is 684. The van der Waals surface area contributed by atoms with Gasteiger partial charge < -0.3 is 19.4 Å². The van der Waals surface area contributed by atoms with Crippen molar-refractivity contribution in [1.29, 1.82) is 0 Å². The first-order valence-corrected chi connectivity index (χ1v) is 8.33. The first-order chi connectivity index (χ1) is 11.6. The average Bonchev–Trinajstić information content (AvgIpc) is 3.26. The molecule has 3 rings (SSSR count). The summed E-state index contributed by atoms with van der Waals surface area (Å²) < 4.78 is 12.9. The Morgan fingerprint density at radius 3 is 3.12 bits per heavy atom. The van der Waals surface area contributed by atoms with Crippen molar-refractivity contribution in [2.45, 2.75) is 32.0 Å². The normalized spacial score (nSPS) is 18.5. The number of rotatable bonds is 6. The summed E-state index contributed by atoms with van der Waals surface area (Å²) in [5, 5.41) is 3.34. The quantitative estimate of drug-likeness (QED) is 0.870. The molecule has 1 amide bonds. The third-order valence-corrected chi connectivity index (χ3v) is 4.23. The summed E-state index contributed by atoms with van der Waals surface area (Å²) in [6.07, 6.45) is 6.74. The molecule has 24 heavy (non-hydrogen) atoms. The van der Waals surface area contributed by atoms with Crippen LogP contribution in [-0.2, 0) is 14.3 Å². The maximum Gasteiger partial charge on any atom is 0.253 e. The Kier molecular flexibility index (Phi) is 5.50. The van der Waals surface area contributed by atoms with Crippen molar-refractivity contribution in [1.82, 2.24) is 9.55 Å². The predicted octanol–water partition coefficient (Wildman–Crippen LogP) is 3.05. The third-order valence-electron chi connectivity index (χ3n) is 3.92. The average molecular weight is 350 g/mol. The highest BCUT2D eigenvalue weighted by molar-refractivity contribution is 6.32. The van der Waals surface area contributed by atoms with E-state index in [0.29, 0.717) is 17.3 Å². The van der Waals surface area contributed by atoms with E-state index >= 15 is 0 Å². The van der Waals surface area contributed by atoms with E-state index in [1.54, 1.807) is 42.3 Å². The molecule has 1 aromatic carbocycles. The number of nitrogens with one attached hydrogen (secondary N) is 1. The van der Waals surface area contributed by atoms with Gasteiger partial charge in [-0.15, -0.1) is 0 Å². The van der Waals surface area contributed by atoms with E-state index in [9.17, 15) is 4.79 Å². The highest BCUT2D eigenvalue weighted by atomic mass is 35.5. The summed E-state index contributed by atoms with van der Waals surface area (Å²) in [5.74, 6) is -0.209. The number of ether oxygens (including phenoxy) is 2. The van der Waals surface area contributed by atoms with Gasteiger partial charge in [-0.1, -0.05) is 11.6 Å². The number of carbonyl (C=O) groups excluding carboxylic acids is 1. The first-order valence-electron chi connectivity index (χ1n) is 7.95. The van der Waals surface area contributed by atoms with Crippen molar-refractivity contribution < 1.29 is 14.3 Å². The van der Waals surface area contributed by atoms with Gasteiger partial charge in [0.1, 0.15) is 6.10 Å². The summed E-state index contributed by atoms with van der Waals surface area (Å²) in [7, 11) is 0. The van der Waals surface area contributed by atoms with Crippen LogP contribution < -0.4 is 5.32 Å². The van der Waals surface area contributed by atoms with E-state index < -0.39 is 6.10 Å². The van der Waals surface area contributed by atoms with Gasteiger partial charge in [-0.2, -0.15) is 0 Å². The molecule has 0 spiro atoms. The van der Waals surface area contributed by atoms with Crippen molar-refractivity contribution in [3.8, 4) is 5.69 Å². The number of amides is 1. The number of nitrogens with zero attached hydrogens (tertiary/aromatic N) is 2. The molecule has 0 aliphatic carbocycles. The summed E-state index contributed by atoms with van der Waals surface area (Å²) in [4.78, 5) is 16.2. The Morgan fingerprint density at radius 2 is 2.46 bits per heavy atom. The van der Waals surface area contributed by atoms with E-state index in [4.69, 9.17) is 21.1 Å². The first kappa shape index (κ1) is 17.0. The Morgan fingerprint density at radius 1 is 1.58 bits per heavy atom. The SMILES string of the molecule is C[C@H](OC[C@H]1CCCO1)C(=O)Nc1ccc(-n2ccnc2)c(Cl)c1. The lowest BCUT2D eigenvalue weighted by atomic mass is 10.2. The van der Waals surface area contributed by atoms with Crippen molar-refractivity contribution >= 4 is 23.2 Å². The standard InChI is InChI=1S/C17H20ClN3O3/c1-12(24-10-14-3-2-8-23-14)17(22)20-13-4-5-16(15(18)9-13)21-7-6-19-11-21/h4-7,9,11-12,14H,2-3,8,10H2,1H3,(H,20,22)/t12-,14+/m0/s1. The minimum Gasteiger partial charge on any atom is -0.376 e. The lowest BCUT2D eigenvalue weighted by Crippen LogP contribution is -2.30. The van der Waals surface area contributed by atoms with Crippen LogP contribution in [-0.4, -0.2) is 40.9 Å². The van der Waals surface area contributed by atoms with Crippen LogP contribution in [0.1, 0.15) is 19.8 Å². The van der Waals surface area contributed by atoms with Gasteiger partial charge in [-0.25, -0.2) is 4.98 Å². The number of carbonyl (C=O) groups is 1. The number of aromatic nitrogens is 2. The Labute approximate surface area is 145 Å². The molecule has 2 heterocycles. The van der Waals surface area contributed by atoms with Crippen LogP contribution >= 0.6 is 11.6 Å². The maximum atomic E-state index is 12.2. The van der Waals surface area contributed by atoms with Gasteiger partial charge in [0.25, 0.3) is 5.91 Å². The largest absolute Gasteiger partial charge is 0.376 e. The number of benzene rings is 1. The van der Waals surface area contributed by atoms with E-state index in [1.807, 2.05) is 6.07 Å². The lowest BCUT2D eigenvalue weighted by molar-refractivity contribution is -0.128. The molecule has 1 aliphatic rings. The van der Waals surface area contributed by atoms with Crippen molar-refractivity contribution in [3.05, 3.63) is 41.9 Å². The summed E-state index contributed by atoms with van der Waals surface area (Å²) in [5.41, 5.74) is 1.43. The van der Waals surface area contributed by atoms with E-state index in [0.717, 1.165) is 25.1 Å². The van der Waals surface area contributed by atoms with Crippen LogP contribution in [0.15, 0.2) is 36.9 Å². The maximum absolute atomic E-state index is 12.2. The molecule has 0 unspecified atom stereocenters. The molecule has 6 nitrogen and oxygen atoms in total. The summed E-state index contributed by atoms with van der Waals surface area (Å²) in [6, 6.07) is 5.34. The second kappa shape index (κ2) is 7.79. The van der Waals surface area contributed by atoms with Crippen LogP contribution in [0.4, 0.5) is 5.69 Å². The molecular formula is C17H20ClN3O3. The second-order valence-corrected chi connectivity index (χ2v) is 6.14. The van der Waals surface area contributed by atoms with Gasteiger partial charge in [-0.3, -0.25) is 4.79 Å². The third kappa shape index (κ3) is 4.14. The van der Waals surface area contributed by atoms with Gasteiger partial charge in [-0.05, 0) is 38.0 Å². The molecule has 1 fully saturated rings. The molecule has 2 aromatic rings. The fraction of sp³-hybridized carbons (Fsp3) is 0.412. The minimum atomic E-state index is -0.554. The van der Waals surface area contributed by atoms with Gasteiger partial charge in [0.05, 0.1) is 29.7 Å². The van der Waals surface area contributed by atoms with E-state index in [1.165, 1.54) is 0 Å². The van der Waals surface area contributed by atoms with Gasteiger partial charge in [0.2, 0.25) is 0 Å². The molecule has 0 radical (unpaired) electrons. The molecule has 2 atom stereocenters. The Balaban J connectivity index is 1.56. The molecule has 0 saturated carbocycles. The zero-order valence-corrected chi connectivity index (χ0v) is 14.2. The molecule has 0 bridgehead atoms. The number of anilines is 1. The summed E-state index contributed by atoms with van der Waals surface area (Å²) in [6.45, 7) is 2.94. The predicted molar refractivity (Wildman–Crippen MR) is 91.6 cm³/mol. The lowest BCUT2D eigenvalue weighted by Gasteiger charge is -2.16. The fourth-order valence-electron chi connectivity index (χ4n) is 2.54. The van der Waals surface area contributed by atoms with E-state index in [2.05, 4.69) is 10.3 Å². The van der Waals surface area contributed by atoms with Crippen LogP contribution in [0.25, 0.3) is 5.69 Å². The number of hydrogen-bond acceptors (Lipinski definition) is 4. The van der Waals surface area contributed by atoms with Crippen molar-refractivity contribution in [2.24, 2.45) is 0 Å².